The van der Waals surface area contributed by atoms with Crippen molar-refractivity contribution in [2.75, 3.05) is 18.9 Å². The Morgan fingerprint density at radius 3 is 2.67 bits per heavy atom. The average Bonchev–Trinajstić information content (AvgIpc) is 3.52. The van der Waals surface area contributed by atoms with Gasteiger partial charge in [0.25, 0.3) is 15.9 Å². The number of nitrogens with one attached hydrogen (secondary N) is 2. The third-order valence-corrected chi connectivity index (χ3v) is 6.68. The van der Waals surface area contributed by atoms with Crippen molar-refractivity contribution in [3.8, 4) is 29.6 Å². The minimum atomic E-state index is -4.34. The second-order valence-corrected chi connectivity index (χ2v) is 9.52. The van der Waals surface area contributed by atoms with Gasteiger partial charge in [-0.1, -0.05) is 5.16 Å². The highest BCUT2D eigenvalue weighted by Crippen LogP contribution is 2.37. The summed E-state index contributed by atoms with van der Waals surface area (Å²) in [6, 6.07) is 6.91. The highest BCUT2D eigenvalue weighted by Gasteiger charge is 2.26. The lowest BCUT2D eigenvalue weighted by atomic mass is 10.1. The molecular weight excluding hydrogens is 540 g/mol. The SMILES string of the molecule is C#CC(=O)NCc1cnn(Cc2cc(OC(F)F)c3c(NS(=O)(=O)c4cc(OC)ccc4OC)noc3c2)c1. The summed E-state index contributed by atoms with van der Waals surface area (Å²) in [4.78, 5) is 11.0. The molecule has 0 aliphatic carbocycles. The number of hydrogen-bond acceptors (Lipinski definition) is 9. The van der Waals surface area contributed by atoms with E-state index in [0.29, 0.717) is 11.1 Å². The molecule has 15 heteroatoms. The minimum absolute atomic E-state index is 0.0138. The summed E-state index contributed by atoms with van der Waals surface area (Å²) in [6.07, 6.45) is 8.14. The molecule has 0 atom stereocenters. The quantitative estimate of drug-likeness (QED) is 0.264. The Labute approximate surface area is 220 Å². The Hall–Kier alpha value is -4.84. The van der Waals surface area contributed by atoms with Gasteiger partial charge in [-0.2, -0.15) is 13.9 Å². The van der Waals surface area contributed by atoms with Gasteiger partial charge in [-0.15, -0.1) is 6.42 Å². The van der Waals surface area contributed by atoms with Crippen LogP contribution in [0.25, 0.3) is 11.0 Å². The van der Waals surface area contributed by atoms with E-state index in [0.717, 1.165) is 0 Å². The lowest BCUT2D eigenvalue weighted by Gasteiger charge is -2.13. The van der Waals surface area contributed by atoms with Crippen molar-refractivity contribution in [3.63, 3.8) is 0 Å². The van der Waals surface area contributed by atoms with Crippen LogP contribution in [0.15, 0.2) is 52.1 Å². The standard InChI is InChI=1S/C24H21F2N5O7S/c1-4-21(32)27-10-15-11-28-31(13-15)12-14-7-18(37-24(25)26)22-19(8-14)38-29-23(22)30-39(33,34)20-9-16(35-2)5-6-17(20)36-3/h1,5-9,11,13,24H,10,12H2,2-3H3,(H,27,32)(H,29,30). The predicted octanol–water partition coefficient (Wildman–Crippen LogP) is 2.74. The number of fused-ring (bicyclic) bond motifs is 1. The minimum Gasteiger partial charge on any atom is -0.497 e. The maximum absolute atomic E-state index is 13.3. The number of anilines is 1. The van der Waals surface area contributed by atoms with Crippen LogP contribution in [-0.2, 0) is 27.9 Å². The third kappa shape index (κ3) is 6.18. The fraction of sp³-hybridized carbons (Fsp3) is 0.208. The lowest BCUT2D eigenvalue weighted by molar-refractivity contribution is -0.115. The van der Waals surface area contributed by atoms with Gasteiger partial charge in [0.2, 0.25) is 0 Å². The van der Waals surface area contributed by atoms with Crippen LogP contribution < -0.4 is 24.2 Å². The Morgan fingerprint density at radius 1 is 1.18 bits per heavy atom. The van der Waals surface area contributed by atoms with Crippen LogP contribution in [0.5, 0.6) is 17.2 Å². The number of benzene rings is 2. The maximum atomic E-state index is 13.3. The summed E-state index contributed by atoms with van der Waals surface area (Å²) in [5.74, 6) is 0.865. The van der Waals surface area contributed by atoms with Crippen LogP contribution in [0.2, 0.25) is 0 Å². The van der Waals surface area contributed by atoms with E-state index in [-0.39, 0.29) is 52.0 Å². The van der Waals surface area contributed by atoms with Gasteiger partial charge < -0.3 is 24.1 Å². The van der Waals surface area contributed by atoms with Crippen molar-refractivity contribution in [3.05, 3.63) is 53.9 Å². The molecule has 0 aliphatic rings. The van der Waals surface area contributed by atoms with Crippen LogP contribution in [0.4, 0.5) is 14.6 Å². The summed E-state index contributed by atoms with van der Waals surface area (Å²) in [6.45, 7) is -2.98. The van der Waals surface area contributed by atoms with Gasteiger partial charge >= 0.3 is 6.61 Å². The summed E-state index contributed by atoms with van der Waals surface area (Å²) in [5.41, 5.74) is 1.06. The Morgan fingerprint density at radius 2 is 1.97 bits per heavy atom. The number of hydrogen-bond donors (Lipinski definition) is 2. The molecule has 0 saturated heterocycles. The predicted molar refractivity (Wildman–Crippen MR) is 133 cm³/mol. The third-order valence-electron chi connectivity index (χ3n) is 5.32. The zero-order valence-electron chi connectivity index (χ0n) is 20.5. The molecule has 2 heterocycles. The number of terminal acetylenes is 1. The van der Waals surface area contributed by atoms with Gasteiger partial charge in [-0.3, -0.25) is 14.2 Å². The molecule has 0 aliphatic heterocycles. The number of halogens is 2. The first kappa shape index (κ1) is 27.2. The van der Waals surface area contributed by atoms with E-state index in [4.69, 9.17) is 20.4 Å². The van der Waals surface area contributed by atoms with Crippen LogP contribution in [0, 0.1) is 12.3 Å². The summed E-state index contributed by atoms with van der Waals surface area (Å²) < 4.78 is 76.9. The molecule has 0 spiro atoms. The molecular formula is C24H21F2N5O7S. The molecule has 0 radical (unpaired) electrons. The number of rotatable bonds is 11. The molecule has 0 fully saturated rings. The van der Waals surface area contributed by atoms with Crippen molar-refractivity contribution < 1.29 is 40.7 Å². The normalized spacial score (nSPS) is 11.3. The molecule has 12 nitrogen and oxygen atoms in total. The maximum Gasteiger partial charge on any atom is 0.387 e. The first-order valence-corrected chi connectivity index (χ1v) is 12.5. The first-order chi connectivity index (χ1) is 18.6. The van der Waals surface area contributed by atoms with Gasteiger partial charge in [0.05, 0.1) is 27.0 Å². The Balaban J connectivity index is 1.66. The van der Waals surface area contributed by atoms with Crippen LogP contribution >= 0.6 is 0 Å². The molecule has 1 amide bonds. The first-order valence-electron chi connectivity index (χ1n) is 11.0. The van der Waals surface area contributed by atoms with E-state index in [1.165, 1.54) is 55.4 Å². The van der Waals surface area contributed by atoms with E-state index >= 15 is 0 Å². The van der Waals surface area contributed by atoms with Gasteiger partial charge in [0.15, 0.2) is 11.4 Å². The second kappa shape index (κ2) is 11.3. The van der Waals surface area contributed by atoms with Gasteiger partial charge in [-0.05, 0) is 35.7 Å². The number of ether oxygens (including phenoxy) is 3. The average molecular weight is 562 g/mol. The van der Waals surface area contributed by atoms with E-state index in [2.05, 4.69) is 25.0 Å². The Kier molecular flexibility index (Phi) is 7.86. The van der Waals surface area contributed by atoms with E-state index in [1.54, 1.807) is 6.20 Å². The summed E-state index contributed by atoms with van der Waals surface area (Å²) in [5, 5.41) is 10.3. The number of alkyl halides is 2. The van der Waals surface area contributed by atoms with Crippen molar-refractivity contribution >= 4 is 32.7 Å². The molecule has 4 rings (SSSR count). The number of sulfonamides is 1. The summed E-state index contributed by atoms with van der Waals surface area (Å²) in [7, 11) is -1.69. The highest BCUT2D eigenvalue weighted by atomic mass is 32.2. The van der Waals surface area contributed by atoms with Crippen molar-refractivity contribution in [1.29, 1.82) is 0 Å². The monoisotopic (exact) mass is 561 g/mol. The smallest absolute Gasteiger partial charge is 0.387 e. The molecule has 2 N–H and O–H groups in total. The molecule has 204 valence electrons. The van der Waals surface area contributed by atoms with Gasteiger partial charge in [-0.25, -0.2) is 8.42 Å². The summed E-state index contributed by atoms with van der Waals surface area (Å²) >= 11 is 0. The molecule has 2 aromatic carbocycles. The number of nitrogens with zero attached hydrogens (tertiary/aromatic N) is 3. The largest absolute Gasteiger partial charge is 0.497 e. The molecule has 0 bridgehead atoms. The van der Waals surface area contributed by atoms with Gasteiger partial charge in [0, 0.05) is 24.4 Å². The molecule has 4 aromatic rings. The number of methoxy groups -OCH3 is 2. The topological polar surface area (TPSA) is 147 Å². The molecule has 2 aromatic heterocycles. The van der Waals surface area contributed by atoms with Crippen LogP contribution in [0.1, 0.15) is 11.1 Å². The highest BCUT2D eigenvalue weighted by molar-refractivity contribution is 7.92. The number of aromatic nitrogens is 3. The molecule has 0 saturated carbocycles. The van der Waals surface area contributed by atoms with Crippen molar-refractivity contribution in [2.45, 2.75) is 24.6 Å². The number of amides is 1. The molecule has 39 heavy (non-hydrogen) atoms. The van der Waals surface area contributed by atoms with Crippen molar-refractivity contribution in [2.24, 2.45) is 0 Å². The number of carbonyl (C=O) groups is 1. The fourth-order valence-electron chi connectivity index (χ4n) is 3.62. The lowest BCUT2D eigenvalue weighted by Crippen LogP contribution is -2.20. The Bertz CT molecular complexity index is 1660. The molecule has 0 unspecified atom stereocenters. The van der Waals surface area contributed by atoms with Crippen LogP contribution in [-0.4, -0.2) is 50.1 Å². The fourth-order valence-corrected chi connectivity index (χ4v) is 4.81. The van der Waals surface area contributed by atoms with E-state index in [1.807, 2.05) is 5.92 Å². The van der Waals surface area contributed by atoms with Gasteiger partial charge in [0.1, 0.15) is 27.5 Å². The van der Waals surface area contributed by atoms with E-state index in [9.17, 15) is 22.0 Å². The van der Waals surface area contributed by atoms with Crippen molar-refractivity contribution in [1.82, 2.24) is 20.3 Å². The number of carbonyl (C=O) groups excluding carboxylic acids is 1. The van der Waals surface area contributed by atoms with Crippen LogP contribution in [0.3, 0.4) is 0 Å². The zero-order chi connectivity index (χ0) is 28.2. The zero-order valence-corrected chi connectivity index (χ0v) is 21.3. The second-order valence-electron chi connectivity index (χ2n) is 7.87. The van der Waals surface area contributed by atoms with E-state index < -0.39 is 22.5 Å².